The van der Waals surface area contributed by atoms with E-state index in [2.05, 4.69) is 6.92 Å². The van der Waals surface area contributed by atoms with Gasteiger partial charge in [-0.15, -0.1) is 0 Å². The van der Waals surface area contributed by atoms with E-state index in [1.165, 1.54) is 25.7 Å². The first-order chi connectivity index (χ1) is 7.75. The number of ether oxygens (including phenoxy) is 1. The minimum atomic E-state index is -0.624. The summed E-state index contributed by atoms with van der Waals surface area (Å²) >= 11 is 0. The van der Waals surface area contributed by atoms with Crippen LogP contribution in [0.25, 0.3) is 0 Å². The van der Waals surface area contributed by atoms with Crippen LogP contribution in [0.3, 0.4) is 0 Å². The van der Waals surface area contributed by atoms with Gasteiger partial charge in [-0.1, -0.05) is 45.4 Å². The maximum Gasteiger partial charge on any atom is 0.336 e. The lowest BCUT2D eigenvalue weighted by atomic mass is 10.0. The summed E-state index contributed by atoms with van der Waals surface area (Å²) < 4.78 is 4.75. The number of carbonyl (C=O) groups excluding carboxylic acids is 1. The number of hydrogen-bond donors (Lipinski definition) is 1. The van der Waals surface area contributed by atoms with E-state index in [1.54, 1.807) is 6.08 Å². The lowest BCUT2D eigenvalue weighted by Gasteiger charge is -2.09. The molecule has 3 nitrogen and oxygen atoms in total. The van der Waals surface area contributed by atoms with E-state index < -0.39 is 6.10 Å². The number of rotatable bonds is 8. The zero-order valence-electron chi connectivity index (χ0n) is 10.1. The van der Waals surface area contributed by atoms with Gasteiger partial charge in [0, 0.05) is 0 Å². The van der Waals surface area contributed by atoms with Gasteiger partial charge in [0.05, 0.1) is 11.7 Å². The highest BCUT2D eigenvalue weighted by Gasteiger charge is 2.23. The van der Waals surface area contributed by atoms with E-state index in [4.69, 9.17) is 4.74 Å². The second-order valence-corrected chi connectivity index (χ2v) is 4.33. The number of hydrogen-bond acceptors (Lipinski definition) is 3. The first kappa shape index (κ1) is 13.2. The van der Waals surface area contributed by atoms with Gasteiger partial charge in [-0.25, -0.2) is 4.79 Å². The average Bonchev–Trinajstić information content (AvgIpc) is 2.69. The van der Waals surface area contributed by atoms with E-state index in [9.17, 15) is 9.90 Å². The SMILES string of the molecule is CCCCCCCC[C@@H](O)C1=CCOC1=O. The van der Waals surface area contributed by atoms with Gasteiger partial charge in [0.1, 0.15) is 6.61 Å². The lowest BCUT2D eigenvalue weighted by Crippen LogP contribution is -2.15. The highest BCUT2D eigenvalue weighted by atomic mass is 16.5. The zero-order chi connectivity index (χ0) is 11.8. The molecule has 0 aromatic heterocycles. The van der Waals surface area contributed by atoms with E-state index in [-0.39, 0.29) is 5.97 Å². The number of unbranched alkanes of at least 4 members (excludes halogenated alkanes) is 5. The number of carbonyl (C=O) groups is 1. The predicted octanol–water partition coefficient (Wildman–Crippen LogP) is 2.58. The molecule has 0 aromatic carbocycles. The number of esters is 1. The highest BCUT2D eigenvalue weighted by molar-refractivity contribution is 5.91. The summed E-state index contributed by atoms with van der Waals surface area (Å²) in [6.45, 7) is 2.52. The molecular weight excluding hydrogens is 204 g/mol. The van der Waals surface area contributed by atoms with Gasteiger partial charge in [0.15, 0.2) is 0 Å². The monoisotopic (exact) mass is 226 g/mol. The van der Waals surface area contributed by atoms with Crippen molar-refractivity contribution in [2.24, 2.45) is 0 Å². The van der Waals surface area contributed by atoms with Gasteiger partial charge >= 0.3 is 5.97 Å². The fourth-order valence-corrected chi connectivity index (χ4v) is 1.92. The molecule has 0 radical (unpaired) electrons. The molecule has 0 bridgehead atoms. The van der Waals surface area contributed by atoms with E-state index in [0.29, 0.717) is 18.6 Å². The molecule has 0 fully saturated rings. The summed E-state index contributed by atoms with van der Waals surface area (Å²) in [5, 5.41) is 9.75. The number of aliphatic hydroxyl groups excluding tert-OH is 1. The van der Waals surface area contributed by atoms with Crippen LogP contribution < -0.4 is 0 Å². The van der Waals surface area contributed by atoms with Crippen molar-refractivity contribution >= 4 is 5.97 Å². The van der Waals surface area contributed by atoms with Gasteiger partial charge in [-0.2, -0.15) is 0 Å². The van der Waals surface area contributed by atoms with Crippen molar-refractivity contribution in [3.63, 3.8) is 0 Å². The molecule has 16 heavy (non-hydrogen) atoms. The van der Waals surface area contributed by atoms with Crippen LogP contribution >= 0.6 is 0 Å². The van der Waals surface area contributed by atoms with Crippen molar-refractivity contribution in [2.75, 3.05) is 6.61 Å². The van der Waals surface area contributed by atoms with Crippen molar-refractivity contribution < 1.29 is 14.6 Å². The second kappa shape index (κ2) is 7.44. The quantitative estimate of drug-likeness (QED) is 0.511. The molecule has 1 rings (SSSR count). The molecule has 3 heteroatoms. The minimum Gasteiger partial charge on any atom is -0.458 e. The summed E-state index contributed by atoms with van der Waals surface area (Å²) in [5.74, 6) is -0.349. The van der Waals surface area contributed by atoms with Gasteiger partial charge in [-0.05, 0) is 12.5 Å². The molecular formula is C13H22O3. The summed E-state index contributed by atoms with van der Waals surface area (Å²) in [4.78, 5) is 11.1. The Morgan fingerprint density at radius 1 is 1.31 bits per heavy atom. The third kappa shape index (κ3) is 4.35. The molecule has 1 aliphatic heterocycles. The van der Waals surface area contributed by atoms with Crippen molar-refractivity contribution in [1.82, 2.24) is 0 Å². The molecule has 1 heterocycles. The third-order valence-electron chi connectivity index (χ3n) is 2.94. The predicted molar refractivity (Wildman–Crippen MR) is 63.0 cm³/mol. The van der Waals surface area contributed by atoms with Crippen LogP contribution in [0.5, 0.6) is 0 Å². The van der Waals surface area contributed by atoms with Crippen LogP contribution in [-0.4, -0.2) is 23.8 Å². The van der Waals surface area contributed by atoms with Crippen molar-refractivity contribution in [3.05, 3.63) is 11.6 Å². The number of aliphatic hydroxyl groups is 1. The largest absolute Gasteiger partial charge is 0.458 e. The minimum absolute atomic E-state index is 0.321. The van der Waals surface area contributed by atoms with Crippen LogP contribution in [0.4, 0.5) is 0 Å². The Kier molecular flexibility index (Phi) is 6.16. The van der Waals surface area contributed by atoms with Crippen molar-refractivity contribution in [2.45, 2.75) is 58.0 Å². The Morgan fingerprint density at radius 2 is 2.00 bits per heavy atom. The first-order valence-corrected chi connectivity index (χ1v) is 6.31. The van der Waals surface area contributed by atoms with Gasteiger partial charge < -0.3 is 9.84 Å². The Balaban J connectivity index is 2.06. The van der Waals surface area contributed by atoms with Crippen LogP contribution in [0.1, 0.15) is 51.9 Å². The van der Waals surface area contributed by atoms with Gasteiger partial charge in [0.25, 0.3) is 0 Å². The van der Waals surface area contributed by atoms with Crippen LogP contribution in [0.2, 0.25) is 0 Å². The van der Waals surface area contributed by atoms with Crippen molar-refractivity contribution in [1.29, 1.82) is 0 Å². The molecule has 0 saturated heterocycles. The molecule has 0 saturated carbocycles. The maximum absolute atomic E-state index is 11.1. The third-order valence-corrected chi connectivity index (χ3v) is 2.94. The Bertz CT molecular complexity index is 246. The molecule has 0 unspecified atom stereocenters. The van der Waals surface area contributed by atoms with E-state index in [1.807, 2.05) is 0 Å². The Morgan fingerprint density at radius 3 is 2.62 bits per heavy atom. The fraction of sp³-hybridized carbons (Fsp3) is 0.769. The zero-order valence-corrected chi connectivity index (χ0v) is 10.1. The molecule has 0 aromatic rings. The average molecular weight is 226 g/mol. The maximum atomic E-state index is 11.1. The molecule has 0 aliphatic carbocycles. The van der Waals surface area contributed by atoms with Crippen molar-refractivity contribution in [3.8, 4) is 0 Å². The molecule has 0 amide bonds. The van der Waals surface area contributed by atoms with Gasteiger partial charge in [-0.3, -0.25) is 0 Å². The molecule has 1 N–H and O–H groups in total. The topological polar surface area (TPSA) is 46.5 Å². The van der Waals surface area contributed by atoms with Crippen LogP contribution in [0, 0.1) is 0 Å². The fourth-order valence-electron chi connectivity index (χ4n) is 1.92. The highest BCUT2D eigenvalue weighted by Crippen LogP contribution is 2.17. The standard InChI is InChI=1S/C13H22O3/c1-2-3-4-5-6-7-8-12(14)11-9-10-16-13(11)15/h9,12,14H,2-8,10H2,1H3/t12-/m1/s1. The Labute approximate surface area is 97.5 Å². The first-order valence-electron chi connectivity index (χ1n) is 6.31. The summed E-state index contributed by atoms with van der Waals surface area (Å²) in [7, 11) is 0. The summed E-state index contributed by atoms with van der Waals surface area (Å²) in [6, 6.07) is 0. The molecule has 0 spiro atoms. The van der Waals surface area contributed by atoms with Crippen LogP contribution in [-0.2, 0) is 9.53 Å². The molecule has 1 atom stereocenters. The smallest absolute Gasteiger partial charge is 0.336 e. The number of cyclic esters (lactones) is 1. The lowest BCUT2D eigenvalue weighted by molar-refractivity contribution is -0.136. The molecule has 1 aliphatic rings. The van der Waals surface area contributed by atoms with Gasteiger partial charge in [0.2, 0.25) is 0 Å². The van der Waals surface area contributed by atoms with Crippen LogP contribution in [0.15, 0.2) is 11.6 Å². The molecule has 92 valence electrons. The van der Waals surface area contributed by atoms with E-state index >= 15 is 0 Å². The normalized spacial score (nSPS) is 17.1. The van der Waals surface area contributed by atoms with E-state index in [0.717, 1.165) is 12.8 Å². The summed E-state index contributed by atoms with van der Waals surface area (Å²) in [6.07, 6.45) is 8.90. The second-order valence-electron chi connectivity index (χ2n) is 4.33. The Hall–Kier alpha value is -0.830. The summed E-state index contributed by atoms with van der Waals surface area (Å²) in [5.41, 5.74) is 0.452.